The van der Waals surface area contributed by atoms with Crippen LogP contribution in [0.25, 0.3) is 0 Å². The average molecular weight is 533 g/mol. The van der Waals surface area contributed by atoms with Crippen LogP contribution in [0.3, 0.4) is 0 Å². The van der Waals surface area contributed by atoms with Crippen molar-refractivity contribution >= 4 is 18.1 Å². The number of benzene rings is 1. The Hall–Kier alpha value is -3.71. The maximum atomic E-state index is 13.7. The topological polar surface area (TPSA) is 105 Å². The monoisotopic (exact) mass is 532 g/mol. The van der Waals surface area contributed by atoms with Gasteiger partial charge in [-0.15, -0.1) is 0 Å². The zero-order chi connectivity index (χ0) is 29.0. The lowest BCUT2D eigenvalue weighted by Crippen LogP contribution is -2.47. The van der Waals surface area contributed by atoms with Crippen molar-refractivity contribution in [2.24, 2.45) is 17.2 Å². The molecule has 4 N–H and O–H groups in total. The summed E-state index contributed by atoms with van der Waals surface area (Å²) in [6.45, 7) is 14.1. The summed E-state index contributed by atoms with van der Waals surface area (Å²) in [6.07, 6.45) is 15.0. The van der Waals surface area contributed by atoms with Gasteiger partial charge < -0.3 is 10.6 Å². The van der Waals surface area contributed by atoms with Gasteiger partial charge in [0.15, 0.2) is 0 Å². The molecule has 0 bridgehead atoms. The predicted molar refractivity (Wildman–Crippen MR) is 158 cm³/mol. The van der Waals surface area contributed by atoms with Crippen LogP contribution in [0, 0.1) is 11.3 Å². The molecule has 7 heteroatoms. The number of carbonyl (C=O) groups excluding carboxylic acids is 3. The van der Waals surface area contributed by atoms with Crippen molar-refractivity contribution < 1.29 is 14.4 Å². The van der Waals surface area contributed by atoms with Gasteiger partial charge in [-0.2, -0.15) is 0 Å². The third-order valence-corrected chi connectivity index (χ3v) is 7.50. The molecule has 1 aliphatic rings. The fourth-order valence-electron chi connectivity index (χ4n) is 4.84. The van der Waals surface area contributed by atoms with E-state index in [0.29, 0.717) is 12.2 Å². The number of carbonyl (C=O) groups is 3. The Kier molecular flexibility index (Phi) is 12.1. The SMILES string of the molecule is C=C(/C=C(/C(=O)NC1CCC(/C=C/C=O)C1(C)/C=C\CC)N(N)/C(C)=C\C)C(=O)NCc1cccc(CC)c1. The average Bonchev–Trinajstić information content (AvgIpc) is 3.25. The van der Waals surface area contributed by atoms with E-state index in [1.165, 1.54) is 22.7 Å². The minimum atomic E-state index is -0.399. The third-order valence-electron chi connectivity index (χ3n) is 7.50. The maximum Gasteiger partial charge on any atom is 0.269 e. The number of amides is 2. The van der Waals surface area contributed by atoms with E-state index in [4.69, 9.17) is 5.84 Å². The number of rotatable bonds is 13. The van der Waals surface area contributed by atoms with Crippen molar-refractivity contribution in [2.45, 2.75) is 72.9 Å². The second kappa shape index (κ2) is 15.0. The number of aryl methyl sites for hydroxylation is 1. The number of hydrogen-bond acceptors (Lipinski definition) is 5. The summed E-state index contributed by atoms with van der Waals surface area (Å²) in [7, 11) is 0. The predicted octanol–water partition coefficient (Wildman–Crippen LogP) is 5.03. The molecule has 2 rings (SSSR count). The van der Waals surface area contributed by atoms with E-state index in [1.807, 2.05) is 31.2 Å². The normalized spacial score (nSPS) is 21.8. The Morgan fingerprint density at radius 2 is 1.92 bits per heavy atom. The number of aldehydes is 1. The zero-order valence-electron chi connectivity index (χ0n) is 24.0. The van der Waals surface area contributed by atoms with E-state index >= 15 is 0 Å². The zero-order valence-corrected chi connectivity index (χ0v) is 24.0. The highest BCUT2D eigenvalue weighted by atomic mass is 16.2. The lowest BCUT2D eigenvalue weighted by atomic mass is 9.76. The van der Waals surface area contributed by atoms with Gasteiger partial charge in [0.2, 0.25) is 0 Å². The standard InChI is InChI=1S/C32H44N4O3/c1-7-10-18-32(6)27(15-12-19-37)16-17-29(32)35-31(39)28(36(33)24(5)8-2)20-23(4)30(38)34-22-26-14-11-13-25(9-3)21-26/h8,10-15,18-21,27,29H,4,7,9,16-17,22,33H2,1-3,5-6H3,(H,34,38)(H,35,39)/b15-12+,18-10-,24-8-,28-20-. The molecule has 0 aromatic heterocycles. The van der Waals surface area contributed by atoms with Gasteiger partial charge in [0, 0.05) is 29.3 Å². The molecular weight excluding hydrogens is 488 g/mol. The van der Waals surface area contributed by atoms with Crippen molar-refractivity contribution in [3.05, 3.63) is 95.4 Å². The van der Waals surface area contributed by atoms with Crippen molar-refractivity contribution in [2.75, 3.05) is 0 Å². The molecule has 1 aliphatic carbocycles. The number of hydrogen-bond donors (Lipinski definition) is 3. The highest BCUT2D eigenvalue weighted by molar-refractivity contribution is 6.00. The van der Waals surface area contributed by atoms with Gasteiger partial charge >= 0.3 is 0 Å². The minimum Gasteiger partial charge on any atom is -0.348 e. The first-order valence-electron chi connectivity index (χ1n) is 13.7. The number of nitrogens with zero attached hydrogens (tertiary/aromatic N) is 1. The van der Waals surface area contributed by atoms with Crippen LogP contribution in [0.1, 0.15) is 65.0 Å². The van der Waals surface area contributed by atoms with Crippen LogP contribution in [0.2, 0.25) is 0 Å². The highest BCUT2D eigenvalue weighted by Gasteiger charge is 2.44. The number of nitrogens with two attached hydrogens (primary N) is 1. The summed E-state index contributed by atoms with van der Waals surface area (Å²) in [5.41, 5.74) is 2.68. The first-order valence-corrected chi connectivity index (χ1v) is 13.7. The first kappa shape index (κ1) is 31.5. The molecular formula is C32H44N4O3. The van der Waals surface area contributed by atoms with Crippen LogP contribution >= 0.6 is 0 Å². The number of nitrogens with one attached hydrogen (secondary N) is 2. The molecule has 210 valence electrons. The quantitative estimate of drug-likeness (QED) is 0.0826. The maximum absolute atomic E-state index is 13.7. The molecule has 0 spiro atoms. The Bertz CT molecular complexity index is 1160. The lowest BCUT2D eigenvalue weighted by molar-refractivity contribution is -0.120. The summed E-state index contributed by atoms with van der Waals surface area (Å²) >= 11 is 0. The number of hydrazine groups is 1. The second-order valence-electron chi connectivity index (χ2n) is 10.1. The summed E-state index contributed by atoms with van der Waals surface area (Å²) < 4.78 is 0. The van der Waals surface area contributed by atoms with Crippen molar-refractivity contribution in [3.8, 4) is 0 Å². The summed E-state index contributed by atoms with van der Waals surface area (Å²) in [5, 5.41) is 7.31. The molecule has 39 heavy (non-hydrogen) atoms. The van der Waals surface area contributed by atoms with Crippen LogP contribution in [0.4, 0.5) is 0 Å². The minimum absolute atomic E-state index is 0.0986. The molecule has 1 fully saturated rings. The molecule has 1 aromatic rings. The van der Waals surface area contributed by atoms with Crippen molar-refractivity contribution in [1.29, 1.82) is 0 Å². The second-order valence-corrected chi connectivity index (χ2v) is 10.1. The molecule has 0 saturated heterocycles. The fourth-order valence-corrected chi connectivity index (χ4v) is 4.84. The Labute approximate surface area is 233 Å². The highest BCUT2D eigenvalue weighted by Crippen LogP contribution is 2.45. The van der Waals surface area contributed by atoms with E-state index < -0.39 is 5.91 Å². The molecule has 1 saturated carbocycles. The Morgan fingerprint density at radius 1 is 1.21 bits per heavy atom. The van der Waals surface area contributed by atoms with E-state index in [2.05, 4.69) is 56.2 Å². The molecule has 7 nitrogen and oxygen atoms in total. The Balaban J connectivity index is 2.28. The van der Waals surface area contributed by atoms with Gasteiger partial charge in [0.25, 0.3) is 11.8 Å². The van der Waals surface area contributed by atoms with Gasteiger partial charge in [-0.1, -0.05) is 75.9 Å². The van der Waals surface area contributed by atoms with E-state index in [-0.39, 0.29) is 34.6 Å². The summed E-state index contributed by atoms with van der Waals surface area (Å²) in [4.78, 5) is 37.5. The van der Waals surface area contributed by atoms with Gasteiger partial charge in [-0.05, 0) is 68.7 Å². The van der Waals surface area contributed by atoms with E-state index in [1.54, 1.807) is 13.0 Å². The lowest BCUT2D eigenvalue weighted by Gasteiger charge is -2.34. The van der Waals surface area contributed by atoms with Crippen LogP contribution < -0.4 is 16.5 Å². The van der Waals surface area contributed by atoms with Gasteiger partial charge in [0.05, 0.1) is 0 Å². The van der Waals surface area contributed by atoms with Gasteiger partial charge in [-0.25, -0.2) is 5.84 Å². The molecule has 0 aliphatic heterocycles. The largest absolute Gasteiger partial charge is 0.348 e. The van der Waals surface area contributed by atoms with Crippen molar-refractivity contribution in [3.63, 3.8) is 0 Å². The van der Waals surface area contributed by atoms with E-state index in [9.17, 15) is 14.4 Å². The number of allylic oxidation sites excluding steroid dienone is 5. The van der Waals surface area contributed by atoms with Gasteiger partial charge in [-0.3, -0.25) is 19.4 Å². The molecule has 0 heterocycles. The molecule has 1 aromatic carbocycles. The van der Waals surface area contributed by atoms with Crippen LogP contribution in [-0.4, -0.2) is 29.2 Å². The van der Waals surface area contributed by atoms with Gasteiger partial charge in [0.1, 0.15) is 12.0 Å². The third kappa shape index (κ3) is 8.39. The summed E-state index contributed by atoms with van der Waals surface area (Å²) in [6, 6.07) is 7.83. The van der Waals surface area contributed by atoms with Crippen LogP contribution in [0.15, 0.2) is 84.3 Å². The fraction of sp³-hybridized carbons (Fsp3) is 0.406. The molecule has 3 unspecified atom stereocenters. The smallest absolute Gasteiger partial charge is 0.269 e. The first-order chi connectivity index (χ1) is 18.6. The molecule has 2 amide bonds. The van der Waals surface area contributed by atoms with Crippen LogP contribution in [-0.2, 0) is 27.3 Å². The molecule has 0 radical (unpaired) electrons. The summed E-state index contributed by atoms with van der Waals surface area (Å²) in [5.74, 6) is 5.65. The van der Waals surface area contributed by atoms with E-state index in [0.717, 1.165) is 37.5 Å². The Morgan fingerprint density at radius 3 is 2.56 bits per heavy atom. The van der Waals surface area contributed by atoms with Crippen LogP contribution in [0.5, 0.6) is 0 Å². The molecule has 3 atom stereocenters. The van der Waals surface area contributed by atoms with Crippen molar-refractivity contribution in [1.82, 2.24) is 15.6 Å².